The van der Waals surface area contributed by atoms with Gasteiger partial charge in [0.1, 0.15) is 12.3 Å². The van der Waals surface area contributed by atoms with Crippen LogP contribution in [0.15, 0.2) is 17.4 Å². The number of hydrogen-bond donors (Lipinski definition) is 5. The number of fused-ring (bicyclic) bond motifs is 1. The minimum Gasteiger partial charge on any atom is -0.378 e. The van der Waals surface area contributed by atoms with Gasteiger partial charge in [-0.1, -0.05) is 0 Å². The van der Waals surface area contributed by atoms with Gasteiger partial charge in [-0.15, -0.1) is 0 Å². The van der Waals surface area contributed by atoms with Crippen LogP contribution in [0.5, 0.6) is 0 Å². The molecular formula is C11H17N4O13P3. The Labute approximate surface area is 172 Å². The molecule has 0 bridgehead atoms. The van der Waals surface area contributed by atoms with Crippen molar-refractivity contribution in [3.63, 3.8) is 0 Å². The minimum absolute atomic E-state index is 0.0665. The quantitative estimate of drug-likeness (QED) is 0.276. The zero-order valence-corrected chi connectivity index (χ0v) is 18.1. The van der Waals surface area contributed by atoms with Crippen LogP contribution in [-0.2, 0) is 36.3 Å². The smallest absolute Gasteiger partial charge is 0.378 e. The first kappa shape index (κ1) is 24.3. The van der Waals surface area contributed by atoms with Crippen LogP contribution in [0.1, 0.15) is 12.6 Å². The van der Waals surface area contributed by atoms with Gasteiger partial charge >= 0.3 is 23.5 Å². The summed E-state index contributed by atoms with van der Waals surface area (Å²) in [6.07, 6.45) is 0.267. The van der Waals surface area contributed by atoms with E-state index in [1.165, 1.54) is 24.3 Å². The molecule has 3 rings (SSSR count). The van der Waals surface area contributed by atoms with Gasteiger partial charge < -0.3 is 34.0 Å². The molecule has 1 fully saturated rings. The second kappa shape index (κ2) is 8.90. The van der Waals surface area contributed by atoms with Crippen molar-refractivity contribution >= 4 is 34.6 Å². The zero-order chi connectivity index (χ0) is 23.0. The molecule has 0 saturated carbocycles. The predicted molar refractivity (Wildman–Crippen MR) is 97.3 cm³/mol. The molecule has 31 heavy (non-hydrogen) atoms. The molecule has 1 aliphatic rings. The van der Waals surface area contributed by atoms with Crippen LogP contribution in [0.3, 0.4) is 0 Å². The number of ether oxygens (including phenoxy) is 2. The summed E-state index contributed by atoms with van der Waals surface area (Å²) in [6.45, 7) is -0.681. The van der Waals surface area contributed by atoms with Gasteiger partial charge in [-0.3, -0.25) is 13.9 Å². The molecule has 0 amide bonds. The molecule has 1 saturated heterocycles. The normalized spacial score (nSPS) is 26.0. The van der Waals surface area contributed by atoms with E-state index in [0.29, 0.717) is 0 Å². The van der Waals surface area contributed by atoms with Crippen molar-refractivity contribution in [1.82, 2.24) is 19.5 Å². The highest BCUT2D eigenvalue weighted by Gasteiger charge is 2.43. The molecule has 2 aromatic rings. The molecule has 0 radical (unpaired) electrons. The monoisotopic (exact) mass is 506 g/mol. The van der Waals surface area contributed by atoms with Crippen LogP contribution in [0.2, 0.25) is 0 Å². The van der Waals surface area contributed by atoms with Gasteiger partial charge in [0.15, 0.2) is 11.2 Å². The summed E-state index contributed by atoms with van der Waals surface area (Å²) in [7, 11) is -15.1. The van der Waals surface area contributed by atoms with Crippen LogP contribution in [0, 0.1) is 0 Å². The van der Waals surface area contributed by atoms with Crippen LogP contribution < -0.4 is 5.56 Å². The number of imidazole rings is 1. The molecule has 0 aromatic carbocycles. The Balaban J connectivity index is 1.68. The van der Waals surface area contributed by atoms with E-state index in [1.807, 2.05) is 0 Å². The van der Waals surface area contributed by atoms with Crippen molar-refractivity contribution in [3.05, 3.63) is 23.0 Å². The molecule has 5 N–H and O–H groups in total. The Kier molecular flexibility index (Phi) is 6.99. The Hall–Kier alpha value is -1.32. The lowest BCUT2D eigenvalue weighted by Gasteiger charge is -2.20. The third-order valence-corrected chi connectivity index (χ3v) is 7.78. The number of aromatic nitrogens is 4. The van der Waals surface area contributed by atoms with Crippen LogP contribution in [-0.4, -0.2) is 65.0 Å². The first-order valence-corrected chi connectivity index (χ1v) is 12.7. The standard InChI is InChI=1S/C11H17N4O13P3/c1-24-6-2-8(15-5-14-9-10(15)12-4-13-11(9)16)26-7(6)3-25-30(20,21)28-31(22,23)27-29(17,18)19/h4-8H,2-3H2,1H3,(H,20,21)(H,22,23)(H,12,13,16)(H2,17,18,19)/t6-,7-,8-/m1/s1. The van der Waals surface area contributed by atoms with E-state index < -0.39 is 54.1 Å². The van der Waals surface area contributed by atoms with E-state index >= 15 is 0 Å². The summed E-state index contributed by atoms with van der Waals surface area (Å²) in [5.74, 6) is 0. The molecule has 1 aliphatic heterocycles. The molecule has 174 valence electrons. The van der Waals surface area contributed by atoms with E-state index in [4.69, 9.17) is 19.3 Å². The molecular weight excluding hydrogens is 489 g/mol. The van der Waals surface area contributed by atoms with Gasteiger partial charge in [0.05, 0.1) is 25.4 Å². The summed E-state index contributed by atoms with van der Waals surface area (Å²) in [5.41, 5.74) is -0.178. The van der Waals surface area contributed by atoms with Crippen molar-refractivity contribution in [2.24, 2.45) is 0 Å². The van der Waals surface area contributed by atoms with E-state index in [0.717, 1.165) is 0 Å². The average molecular weight is 506 g/mol. The Morgan fingerprint density at radius 1 is 1.19 bits per heavy atom. The number of nitrogens with zero attached hydrogens (tertiary/aromatic N) is 3. The molecule has 2 aromatic heterocycles. The largest absolute Gasteiger partial charge is 0.490 e. The van der Waals surface area contributed by atoms with Crippen molar-refractivity contribution in [1.29, 1.82) is 0 Å². The number of hydrogen-bond acceptors (Lipinski definition) is 11. The number of phosphoric ester groups is 1. The van der Waals surface area contributed by atoms with Crippen LogP contribution in [0.25, 0.3) is 11.2 Å². The Morgan fingerprint density at radius 3 is 2.55 bits per heavy atom. The number of methoxy groups -OCH3 is 1. The average Bonchev–Trinajstić information content (AvgIpc) is 3.21. The first-order valence-electron chi connectivity index (χ1n) is 8.17. The van der Waals surface area contributed by atoms with Gasteiger partial charge in [-0.25, -0.2) is 23.7 Å². The third-order valence-electron chi connectivity index (χ3n) is 3.98. The van der Waals surface area contributed by atoms with Gasteiger partial charge in [-0.2, -0.15) is 8.62 Å². The fraction of sp³-hybridized carbons (Fsp3) is 0.545. The van der Waals surface area contributed by atoms with E-state index in [2.05, 4.69) is 28.1 Å². The van der Waals surface area contributed by atoms with E-state index in [1.54, 1.807) is 0 Å². The molecule has 2 unspecified atom stereocenters. The topological polar surface area (TPSA) is 242 Å². The fourth-order valence-corrected chi connectivity index (χ4v) is 5.84. The van der Waals surface area contributed by atoms with Gasteiger partial charge in [-0.05, 0) is 0 Å². The second-order valence-electron chi connectivity index (χ2n) is 6.08. The van der Waals surface area contributed by atoms with Gasteiger partial charge in [0.2, 0.25) is 0 Å². The summed E-state index contributed by atoms with van der Waals surface area (Å²) < 4.78 is 58.2. The van der Waals surface area contributed by atoms with E-state index in [9.17, 15) is 28.3 Å². The van der Waals surface area contributed by atoms with Crippen molar-refractivity contribution in [3.8, 4) is 0 Å². The van der Waals surface area contributed by atoms with Gasteiger partial charge in [0, 0.05) is 13.5 Å². The van der Waals surface area contributed by atoms with Gasteiger partial charge in [0.25, 0.3) is 5.56 Å². The molecule has 3 heterocycles. The molecule has 20 heteroatoms. The van der Waals surface area contributed by atoms with Crippen molar-refractivity contribution in [2.75, 3.05) is 13.7 Å². The molecule has 17 nitrogen and oxygen atoms in total. The lowest BCUT2D eigenvalue weighted by molar-refractivity contribution is -0.0502. The lowest BCUT2D eigenvalue weighted by atomic mass is 10.2. The highest BCUT2D eigenvalue weighted by atomic mass is 31.3. The summed E-state index contributed by atoms with van der Waals surface area (Å²) >= 11 is 0. The SMILES string of the molecule is CO[C@@H]1C[C@H](n2cnc3c(=O)[nH]cnc32)O[C@@H]1COP(=O)(O)OP(=O)(O)OP(=O)(O)O. The number of H-pyrrole nitrogens is 1. The molecule has 0 aliphatic carbocycles. The highest BCUT2D eigenvalue weighted by molar-refractivity contribution is 7.66. The van der Waals surface area contributed by atoms with Crippen molar-refractivity contribution in [2.45, 2.75) is 24.9 Å². The third kappa shape index (κ3) is 6.14. The fourth-order valence-electron chi connectivity index (χ4n) is 2.81. The van der Waals surface area contributed by atoms with E-state index in [-0.39, 0.29) is 17.6 Å². The predicted octanol–water partition coefficient (Wildman–Crippen LogP) is -0.235. The second-order valence-corrected chi connectivity index (χ2v) is 10.5. The highest BCUT2D eigenvalue weighted by Crippen LogP contribution is 2.66. The first-order chi connectivity index (χ1) is 14.3. The minimum atomic E-state index is -5.63. The number of rotatable bonds is 9. The lowest BCUT2D eigenvalue weighted by Crippen LogP contribution is -2.27. The maximum absolute atomic E-state index is 11.9. The summed E-state index contributed by atoms with van der Waals surface area (Å²) in [4.78, 5) is 57.9. The number of nitrogens with one attached hydrogen (secondary N) is 1. The maximum Gasteiger partial charge on any atom is 0.490 e. The van der Waals surface area contributed by atoms with Crippen LogP contribution >= 0.6 is 23.5 Å². The maximum atomic E-state index is 11.9. The molecule has 0 spiro atoms. The number of phosphoric acid groups is 3. The summed E-state index contributed by atoms with van der Waals surface area (Å²) in [5, 5.41) is 0. The Bertz CT molecular complexity index is 1140. The van der Waals surface area contributed by atoms with Crippen molar-refractivity contribution < 1.29 is 55.9 Å². The zero-order valence-electron chi connectivity index (χ0n) is 15.4. The number of aromatic amines is 1. The summed E-state index contributed by atoms with van der Waals surface area (Å²) in [6, 6.07) is 0. The van der Waals surface area contributed by atoms with Crippen LogP contribution in [0.4, 0.5) is 0 Å². The Morgan fingerprint density at radius 2 is 1.90 bits per heavy atom. The molecule has 5 atom stereocenters.